The smallest absolute Gasteiger partial charge is 0.240 e. The van der Waals surface area contributed by atoms with E-state index in [1.165, 1.54) is 18.3 Å². The van der Waals surface area contributed by atoms with Crippen molar-refractivity contribution in [2.75, 3.05) is 5.32 Å². The fourth-order valence-electron chi connectivity index (χ4n) is 1.83. The summed E-state index contributed by atoms with van der Waals surface area (Å²) in [5.74, 6) is -1.19. The number of rotatable bonds is 6. The van der Waals surface area contributed by atoms with Gasteiger partial charge in [0, 0.05) is 29.1 Å². The zero-order valence-corrected chi connectivity index (χ0v) is 13.4. The first-order valence-electron chi connectivity index (χ1n) is 7.16. The van der Waals surface area contributed by atoms with Crippen molar-refractivity contribution >= 4 is 35.3 Å². The second-order valence-electron chi connectivity index (χ2n) is 4.87. The molecular formula is C17H15ClFN3O2. The summed E-state index contributed by atoms with van der Waals surface area (Å²) < 4.78 is 13.3. The Morgan fingerprint density at radius 3 is 2.58 bits per heavy atom. The second-order valence-corrected chi connectivity index (χ2v) is 5.31. The van der Waals surface area contributed by atoms with Crippen LogP contribution in [0.25, 0.3) is 0 Å². The molecule has 2 aromatic rings. The normalized spacial score (nSPS) is 10.6. The molecule has 24 heavy (non-hydrogen) atoms. The molecule has 0 heterocycles. The number of hydrazone groups is 1. The van der Waals surface area contributed by atoms with Gasteiger partial charge in [-0.25, -0.2) is 9.82 Å². The first kappa shape index (κ1) is 17.6. The number of nitrogens with one attached hydrogen (secondary N) is 2. The lowest BCUT2D eigenvalue weighted by Crippen LogP contribution is -2.20. The van der Waals surface area contributed by atoms with Crippen molar-refractivity contribution in [2.24, 2.45) is 5.10 Å². The molecule has 2 amide bonds. The van der Waals surface area contributed by atoms with Crippen molar-refractivity contribution in [3.05, 3.63) is 64.9 Å². The maximum absolute atomic E-state index is 13.3. The van der Waals surface area contributed by atoms with Gasteiger partial charge in [0.2, 0.25) is 11.8 Å². The fraction of sp³-hybridized carbons (Fsp3) is 0.118. The third kappa shape index (κ3) is 5.81. The molecule has 0 atom stereocenters. The lowest BCUT2D eigenvalue weighted by atomic mass is 10.2. The van der Waals surface area contributed by atoms with E-state index in [1.807, 2.05) is 0 Å². The maximum Gasteiger partial charge on any atom is 0.240 e. The van der Waals surface area contributed by atoms with E-state index in [4.69, 9.17) is 11.6 Å². The van der Waals surface area contributed by atoms with E-state index >= 15 is 0 Å². The lowest BCUT2D eigenvalue weighted by Gasteiger charge is -2.05. The molecule has 0 unspecified atom stereocenters. The summed E-state index contributed by atoms with van der Waals surface area (Å²) in [6.07, 6.45) is 1.16. The van der Waals surface area contributed by atoms with E-state index in [-0.39, 0.29) is 24.3 Å². The summed E-state index contributed by atoms with van der Waals surface area (Å²) >= 11 is 5.82. The van der Waals surface area contributed by atoms with Crippen LogP contribution in [0.1, 0.15) is 18.4 Å². The zero-order valence-electron chi connectivity index (χ0n) is 12.6. The van der Waals surface area contributed by atoms with Crippen LogP contribution >= 0.6 is 11.6 Å². The Morgan fingerprint density at radius 2 is 1.83 bits per heavy atom. The molecule has 0 aromatic heterocycles. The summed E-state index contributed by atoms with van der Waals surface area (Å²) in [7, 11) is 0. The van der Waals surface area contributed by atoms with Gasteiger partial charge in [0.05, 0.1) is 6.21 Å². The Morgan fingerprint density at radius 1 is 1.08 bits per heavy atom. The van der Waals surface area contributed by atoms with Gasteiger partial charge in [-0.2, -0.15) is 5.10 Å². The van der Waals surface area contributed by atoms with Gasteiger partial charge in [-0.05, 0) is 24.3 Å². The SMILES string of the molecule is O=C(CCC(=O)Nc1cccc(Cl)c1)NN=Cc1ccccc1F. The van der Waals surface area contributed by atoms with E-state index in [0.29, 0.717) is 10.7 Å². The van der Waals surface area contributed by atoms with Crippen LogP contribution in [-0.2, 0) is 9.59 Å². The summed E-state index contributed by atoms with van der Waals surface area (Å²) in [6, 6.07) is 12.8. The molecule has 0 radical (unpaired) electrons. The zero-order chi connectivity index (χ0) is 17.4. The summed E-state index contributed by atoms with van der Waals surface area (Å²) in [4.78, 5) is 23.4. The Balaban J connectivity index is 1.75. The fourth-order valence-corrected chi connectivity index (χ4v) is 2.02. The van der Waals surface area contributed by atoms with Gasteiger partial charge < -0.3 is 5.32 Å². The monoisotopic (exact) mass is 347 g/mol. The van der Waals surface area contributed by atoms with Crippen molar-refractivity contribution < 1.29 is 14.0 Å². The summed E-state index contributed by atoms with van der Waals surface area (Å²) in [5.41, 5.74) is 3.07. The highest BCUT2D eigenvalue weighted by Gasteiger charge is 2.07. The number of halogens is 2. The van der Waals surface area contributed by atoms with Crippen molar-refractivity contribution in [2.45, 2.75) is 12.8 Å². The molecule has 0 fully saturated rings. The molecule has 0 aliphatic heterocycles. The first-order valence-corrected chi connectivity index (χ1v) is 7.54. The topological polar surface area (TPSA) is 70.6 Å². The number of carbonyl (C=O) groups excluding carboxylic acids is 2. The number of carbonyl (C=O) groups is 2. The van der Waals surface area contributed by atoms with E-state index in [1.54, 1.807) is 36.4 Å². The van der Waals surface area contributed by atoms with Crippen LogP contribution in [0.2, 0.25) is 5.02 Å². The highest BCUT2D eigenvalue weighted by Crippen LogP contribution is 2.15. The Bertz CT molecular complexity index is 765. The number of hydrogen-bond acceptors (Lipinski definition) is 3. The molecule has 0 saturated heterocycles. The van der Waals surface area contributed by atoms with Gasteiger partial charge >= 0.3 is 0 Å². The summed E-state index contributed by atoms with van der Waals surface area (Å²) in [5, 5.41) is 6.81. The Labute approximate surface area is 143 Å². The van der Waals surface area contributed by atoms with Crippen LogP contribution in [0, 0.1) is 5.82 Å². The van der Waals surface area contributed by atoms with Gasteiger partial charge in [0.25, 0.3) is 0 Å². The van der Waals surface area contributed by atoms with Gasteiger partial charge in [-0.1, -0.05) is 35.9 Å². The number of hydrogen-bond donors (Lipinski definition) is 2. The minimum absolute atomic E-state index is 0.00638. The average molecular weight is 348 g/mol. The molecular weight excluding hydrogens is 333 g/mol. The van der Waals surface area contributed by atoms with E-state index < -0.39 is 11.7 Å². The quantitative estimate of drug-likeness (QED) is 0.621. The van der Waals surface area contributed by atoms with Crippen molar-refractivity contribution in [3.63, 3.8) is 0 Å². The molecule has 7 heteroatoms. The molecule has 0 aliphatic carbocycles. The average Bonchev–Trinajstić information content (AvgIpc) is 2.55. The van der Waals surface area contributed by atoms with E-state index in [0.717, 1.165) is 0 Å². The molecule has 0 spiro atoms. The van der Waals surface area contributed by atoms with Crippen molar-refractivity contribution in [3.8, 4) is 0 Å². The number of anilines is 1. The molecule has 0 bridgehead atoms. The molecule has 2 N–H and O–H groups in total. The van der Waals surface area contributed by atoms with Crippen molar-refractivity contribution in [1.29, 1.82) is 0 Å². The highest BCUT2D eigenvalue weighted by molar-refractivity contribution is 6.30. The van der Waals surface area contributed by atoms with Crippen LogP contribution < -0.4 is 10.7 Å². The van der Waals surface area contributed by atoms with Crippen LogP contribution in [0.4, 0.5) is 10.1 Å². The van der Waals surface area contributed by atoms with E-state index in [9.17, 15) is 14.0 Å². The van der Waals surface area contributed by atoms with Crippen LogP contribution in [0.5, 0.6) is 0 Å². The second kappa shape index (κ2) is 8.79. The third-order valence-corrected chi connectivity index (χ3v) is 3.22. The standard InChI is InChI=1S/C17H15ClFN3O2/c18-13-5-3-6-14(10-13)21-16(23)8-9-17(24)22-20-11-12-4-1-2-7-15(12)19/h1-7,10-11H,8-9H2,(H,21,23)(H,22,24). The van der Waals surface area contributed by atoms with Crippen LogP contribution in [-0.4, -0.2) is 18.0 Å². The highest BCUT2D eigenvalue weighted by atomic mass is 35.5. The largest absolute Gasteiger partial charge is 0.326 e. The third-order valence-electron chi connectivity index (χ3n) is 2.99. The Hall–Kier alpha value is -2.73. The van der Waals surface area contributed by atoms with Gasteiger partial charge in [0.1, 0.15) is 5.82 Å². The Kier molecular flexibility index (Phi) is 6.45. The van der Waals surface area contributed by atoms with Crippen molar-refractivity contribution in [1.82, 2.24) is 5.43 Å². The minimum atomic E-state index is -0.441. The van der Waals surface area contributed by atoms with Gasteiger partial charge in [0.15, 0.2) is 0 Å². The predicted molar refractivity (Wildman–Crippen MR) is 91.5 cm³/mol. The van der Waals surface area contributed by atoms with Crippen LogP contribution in [0.3, 0.4) is 0 Å². The molecule has 124 valence electrons. The maximum atomic E-state index is 13.3. The van der Waals surface area contributed by atoms with Gasteiger partial charge in [-0.3, -0.25) is 9.59 Å². The minimum Gasteiger partial charge on any atom is -0.326 e. The number of amides is 2. The predicted octanol–water partition coefficient (Wildman–Crippen LogP) is 3.35. The molecule has 0 saturated carbocycles. The van der Waals surface area contributed by atoms with Crippen LogP contribution in [0.15, 0.2) is 53.6 Å². The summed E-state index contributed by atoms with van der Waals surface area (Å²) in [6.45, 7) is 0. The van der Waals surface area contributed by atoms with Gasteiger partial charge in [-0.15, -0.1) is 0 Å². The molecule has 2 rings (SSSR count). The number of benzene rings is 2. The lowest BCUT2D eigenvalue weighted by molar-refractivity contribution is -0.124. The molecule has 2 aromatic carbocycles. The molecule has 5 nitrogen and oxygen atoms in total. The van der Waals surface area contributed by atoms with E-state index in [2.05, 4.69) is 15.8 Å². The first-order chi connectivity index (χ1) is 11.5. The number of nitrogens with zero attached hydrogens (tertiary/aromatic N) is 1. The molecule has 0 aliphatic rings.